The van der Waals surface area contributed by atoms with Crippen LogP contribution in [0.25, 0.3) is 0 Å². The summed E-state index contributed by atoms with van der Waals surface area (Å²) in [5.41, 5.74) is 1.14. The average Bonchev–Trinajstić information content (AvgIpc) is 3.38. The van der Waals surface area contributed by atoms with Crippen LogP contribution in [0.5, 0.6) is 34.5 Å². The number of hydrogen-bond acceptors (Lipinski definition) is 18. The molecule has 0 aromatic heterocycles. The Morgan fingerprint density at radius 3 is 1.00 bits per heavy atom. The zero-order valence-electron chi connectivity index (χ0n) is 39.2. The molecule has 0 aliphatic carbocycles. The number of esters is 6. The van der Waals surface area contributed by atoms with E-state index in [9.17, 15) is 38.4 Å². The highest BCUT2D eigenvalue weighted by Crippen LogP contribution is 2.26. The molecule has 5 aromatic rings. The maximum atomic E-state index is 13.0. The number of ether oxygens (including phenoxy) is 10. The Balaban J connectivity index is 0.992. The quantitative estimate of drug-likeness (QED) is 0.0132. The first kappa shape index (κ1) is 53.9. The van der Waals surface area contributed by atoms with Gasteiger partial charge in [0.1, 0.15) is 34.5 Å². The van der Waals surface area contributed by atoms with Crippen LogP contribution in [-0.4, -0.2) is 74.6 Å². The largest absolute Gasteiger partial charge is 0.513 e. The minimum absolute atomic E-state index is 0.110. The van der Waals surface area contributed by atoms with Crippen molar-refractivity contribution in [3.8, 4) is 34.5 Å². The highest BCUT2D eigenvalue weighted by Gasteiger charge is 2.17. The molecule has 0 bridgehead atoms. The Morgan fingerprint density at radius 2 is 0.653 bits per heavy atom. The van der Waals surface area contributed by atoms with Crippen molar-refractivity contribution in [2.75, 3.05) is 26.4 Å². The van der Waals surface area contributed by atoms with Crippen LogP contribution in [0.3, 0.4) is 0 Å². The Morgan fingerprint density at radius 1 is 0.361 bits per heavy atom. The highest BCUT2D eigenvalue weighted by molar-refractivity contribution is 5.94. The topological polar surface area (TPSA) is 229 Å². The molecular formula is C54H50O18. The molecule has 0 spiro atoms. The molecule has 5 aromatic carbocycles. The first-order valence-electron chi connectivity index (χ1n) is 22.5. The lowest BCUT2D eigenvalue weighted by Gasteiger charge is -2.11. The van der Waals surface area contributed by atoms with Gasteiger partial charge in [-0.25, -0.2) is 38.4 Å². The van der Waals surface area contributed by atoms with Gasteiger partial charge in [-0.2, -0.15) is 0 Å². The third kappa shape index (κ3) is 18.4. The van der Waals surface area contributed by atoms with Crippen molar-refractivity contribution >= 4 is 48.1 Å². The lowest BCUT2D eigenvalue weighted by atomic mass is 10.2. The van der Waals surface area contributed by atoms with E-state index in [2.05, 4.69) is 13.2 Å². The molecule has 0 fully saturated rings. The SMILES string of the molecule is C=CC(=O)OCCCCCCOC(=O)Oc1ccc(C(=O)Oc2ccc(C(=O)Oc3ccc(OC(=O)c4ccc(OC(=O)c5ccc(OC(=O)OCCCCCOC(=O)C=C)cc5)cc4)c(C)c3)cc2)cc1. The van der Waals surface area contributed by atoms with E-state index in [0.717, 1.165) is 25.0 Å². The monoisotopic (exact) mass is 986 g/mol. The predicted octanol–water partition coefficient (Wildman–Crippen LogP) is 10.1. The summed E-state index contributed by atoms with van der Waals surface area (Å²) in [6.45, 7) is 9.10. The van der Waals surface area contributed by atoms with Gasteiger partial charge in [0.25, 0.3) is 0 Å². The Kier molecular flexibility index (Phi) is 21.3. The summed E-state index contributed by atoms with van der Waals surface area (Å²) in [6.07, 6.45) is 5.03. The van der Waals surface area contributed by atoms with E-state index in [4.69, 9.17) is 47.4 Å². The average molecular weight is 987 g/mol. The summed E-state index contributed by atoms with van der Waals surface area (Å²) in [5, 5.41) is 0. The lowest BCUT2D eigenvalue weighted by Crippen LogP contribution is -2.12. The molecule has 0 N–H and O–H groups in total. The normalized spacial score (nSPS) is 10.3. The minimum Gasteiger partial charge on any atom is -0.463 e. The number of carbonyl (C=O) groups excluding carboxylic acids is 8. The van der Waals surface area contributed by atoms with Crippen LogP contribution in [-0.2, 0) is 28.5 Å². The van der Waals surface area contributed by atoms with Crippen molar-refractivity contribution in [2.45, 2.75) is 51.9 Å². The van der Waals surface area contributed by atoms with Gasteiger partial charge < -0.3 is 47.4 Å². The molecule has 0 atom stereocenters. The predicted molar refractivity (Wildman–Crippen MR) is 255 cm³/mol. The van der Waals surface area contributed by atoms with Crippen molar-refractivity contribution in [3.63, 3.8) is 0 Å². The smallest absolute Gasteiger partial charge is 0.463 e. The van der Waals surface area contributed by atoms with Crippen molar-refractivity contribution in [2.24, 2.45) is 0 Å². The molecule has 0 amide bonds. The molecule has 18 heteroatoms. The Labute approximate surface area is 413 Å². The number of benzene rings is 5. The summed E-state index contributed by atoms with van der Waals surface area (Å²) in [5.74, 6) is -2.78. The molecule has 0 aliphatic heterocycles. The van der Waals surface area contributed by atoms with E-state index in [0.29, 0.717) is 44.3 Å². The van der Waals surface area contributed by atoms with Crippen molar-refractivity contribution in [1.82, 2.24) is 0 Å². The molecule has 0 saturated carbocycles. The molecule has 18 nitrogen and oxygen atoms in total. The van der Waals surface area contributed by atoms with E-state index in [1.165, 1.54) is 115 Å². The second-order valence-electron chi connectivity index (χ2n) is 15.2. The second kappa shape index (κ2) is 28.4. The van der Waals surface area contributed by atoms with Crippen LogP contribution >= 0.6 is 0 Å². The molecule has 5 rings (SSSR count). The zero-order chi connectivity index (χ0) is 51.7. The van der Waals surface area contributed by atoms with E-state index >= 15 is 0 Å². The number of rotatable bonds is 25. The van der Waals surface area contributed by atoms with Gasteiger partial charge in [-0.1, -0.05) is 13.2 Å². The molecule has 72 heavy (non-hydrogen) atoms. The molecule has 0 aliphatic rings. The number of aryl methyl sites for hydroxylation is 1. The zero-order valence-corrected chi connectivity index (χ0v) is 39.2. The third-order valence-electron chi connectivity index (χ3n) is 9.83. The Bertz CT molecular complexity index is 2690. The summed E-state index contributed by atoms with van der Waals surface area (Å²) in [4.78, 5) is 97.5. The molecule has 0 heterocycles. The fraction of sp³-hybridized carbons (Fsp3) is 0.222. The fourth-order valence-corrected chi connectivity index (χ4v) is 6.06. The molecule has 0 unspecified atom stereocenters. The second-order valence-corrected chi connectivity index (χ2v) is 15.2. The van der Waals surface area contributed by atoms with Crippen molar-refractivity contribution < 1.29 is 85.7 Å². The third-order valence-corrected chi connectivity index (χ3v) is 9.83. The van der Waals surface area contributed by atoms with Gasteiger partial charge in [-0.05, 0) is 173 Å². The molecule has 374 valence electrons. The van der Waals surface area contributed by atoms with Crippen LogP contribution in [0.15, 0.2) is 141 Å². The molecular weight excluding hydrogens is 937 g/mol. The summed E-state index contributed by atoms with van der Waals surface area (Å²) in [7, 11) is 0. The van der Waals surface area contributed by atoms with E-state index < -0.39 is 48.1 Å². The summed E-state index contributed by atoms with van der Waals surface area (Å²) >= 11 is 0. The maximum absolute atomic E-state index is 13.0. The van der Waals surface area contributed by atoms with Crippen LogP contribution in [0.2, 0.25) is 0 Å². The van der Waals surface area contributed by atoms with Gasteiger partial charge >= 0.3 is 48.1 Å². The van der Waals surface area contributed by atoms with Gasteiger partial charge in [0, 0.05) is 12.2 Å². The van der Waals surface area contributed by atoms with Crippen molar-refractivity contribution in [3.05, 3.63) is 168 Å². The first-order chi connectivity index (χ1) is 34.8. The first-order valence-corrected chi connectivity index (χ1v) is 22.5. The number of carbonyl (C=O) groups is 8. The standard InChI is InChI=1S/C54H50O18/c1-4-47(55)63-31-9-6-7-10-33-65-53(61)70-43-25-17-37(18-26-43)49(57)67-41-21-13-39(14-22-41)51(59)69-45-29-30-46(36(3)35-45)72-52(60)40-15-23-42(24-16-40)68-50(58)38-19-27-44(28-20-38)71-54(62)66-34-12-8-11-32-64-48(56)5-2/h4-5,13-30,35H,1-2,6-12,31-34H2,3H3. The highest BCUT2D eigenvalue weighted by atomic mass is 16.7. The minimum atomic E-state index is -0.914. The number of hydrogen-bond donors (Lipinski definition) is 0. The van der Waals surface area contributed by atoms with Crippen LogP contribution in [0.4, 0.5) is 9.59 Å². The lowest BCUT2D eigenvalue weighted by molar-refractivity contribution is -0.138. The van der Waals surface area contributed by atoms with Crippen LogP contribution in [0, 0.1) is 6.92 Å². The maximum Gasteiger partial charge on any atom is 0.513 e. The van der Waals surface area contributed by atoms with E-state index in [1.54, 1.807) is 6.92 Å². The van der Waals surface area contributed by atoms with Crippen LogP contribution in [0.1, 0.15) is 91.9 Å². The van der Waals surface area contributed by atoms with Crippen molar-refractivity contribution in [1.29, 1.82) is 0 Å². The van der Waals surface area contributed by atoms with E-state index in [1.807, 2.05) is 0 Å². The van der Waals surface area contributed by atoms with Gasteiger partial charge in [-0.3, -0.25) is 0 Å². The Hall–Kier alpha value is -9.06. The van der Waals surface area contributed by atoms with Gasteiger partial charge in [0.2, 0.25) is 0 Å². The summed E-state index contributed by atoms with van der Waals surface area (Å²) < 4.78 is 52.1. The van der Waals surface area contributed by atoms with E-state index in [-0.39, 0.29) is 76.6 Å². The number of unbranched alkanes of at least 4 members (excludes halogenated alkanes) is 5. The van der Waals surface area contributed by atoms with Crippen LogP contribution < -0.4 is 28.4 Å². The molecule has 0 radical (unpaired) electrons. The summed E-state index contributed by atoms with van der Waals surface area (Å²) in [6, 6.07) is 27.1. The van der Waals surface area contributed by atoms with Gasteiger partial charge in [0.05, 0.1) is 48.7 Å². The van der Waals surface area contributed by atoms with Gasteiger partial charge in [0.15, 0.2) is 0 Å². The fourth-order valence-electron chi connectivity index (χ4n) is 6.06. The van der Waals surface area contributed by atoms with Gasteiger partial charge in [-0.15, -0.1) is 0 Å². The molecule has 0 saturated heterocycles.